The topological polar surface area (TPSA) is 175 Å². The molecule has 0 aliphatic heterocycles. The Morgan fingerprint density at radius 1 is 0.711 bits per heavy atom. The van der Waals surface area contributed by atoms with Gasteiger partial charge in [-0.2, -0.15) is 0 Å². The van der Waals surface area contributed by atoms with E-state index in [1.165, 1.54) is 11.9 Å². The highest BCUT2D eigenvalue weighted by atomic mass is 31.2. The number of guanidine groups is 1. The molecule has 248 valence electrons. The molecule has 2 N–H and O–H groups in total. The van der Waals surface area contributed by atoms with Gasteiger partial charge in [0.1, 0.15) is 19.8 Å². The van der Waals surface area contributed by atoms with Crippen molar-refractivity contribution < 1.29 is 51.7 Å². The molecule has 0 aromatic heterocycles. The SMILES string of the molecule is CCOC(=O)CN(C)/C(N)=N\P(=O)(OCCCCOC(=O)OCc1ccccc1)OCCCCOC(=O)OCc1ccccc1. The lowest BCUT2D eigenvalue weighted by atomic mass is 10.2. The zero-order valence-corrected chi connectivity index (χ0v) is 26.6. The summed E-state index contributed by atoms with van der Waals surface area (Å²) in [4.78, 5) is 36.6. The van der Waals surface area contributed by atoms with Gasteiger partial charge in [0.25, 0.3) is 0 Å². The smallest absolute Gasteiger partial charge is 0.465 e. The third-order valence-corrected chi connectivity index (χ3v) is 7.18. The first-order valence-electron chi connectivity index (χ1n) is 14.5. The molecule has 0 atom stereocenters. The molecule has 0 saturated carbocycles. The summed E-state index contributed by atoms with van der Waals surface area (Å²) >= 11 is 0. The van der Waals surface area contributed by atoms with Crippen molar-refractivity contribution in [1.82, 2.24) is 4.90 Å². The predicted molar refractivity (Wildman–Crippen MR) is 164 cm³/mol. The van der Waals surface area contributed by atoms with Crippen LogP contribution in [0.2, 0.25) is 0 Å². The molecule has 0 fully saturated rings. The van der Waals surface area contributed by atoms with Gasteiger partial charge in [0.05, 0.1) is 33.0 Å². The highest BCUT2D eigenvalue weighted by molar-refractivity contribution is 7.52. The van der Waals surface area contributed by atoms with Crippen LogP contribution in [0.4, 0.5) is 9.59 Å². The Kier molecular flexibility index (Phi) is 17.7. The van der Waals surface area contributed by atoms with Crippen molar-refractivity contribution in [2.45, 2.75) is 45.8 Å². The Bertz CT molecular complexity index is 1160. The maximum absolute atomic E-state index is 13.4. The number of likely N-dealkylation sites (N-methyl/N-ethyl adjacent to an activating group) is 1. The molecular formula is C30H42N3O11P. The number of ether oxygens (including phenoxy) is 5. The van der Waals surface area contributed by atoms with E-state index in [1.807, 2.05) is 60.7 Å². The van der Waals surface area contributed by atoms with Crippen LogP contribution in [-0.4, -0.2) is 75.8 Å². The number of hydrogen-bond acceptors (Lipinski definition) is 11. The van der Waals surface area contributed by atoms with E-state index in [0.29, 0.717) is 25.7 Å². The first-order valence-corrected chi connectivity index (χ1v) is 16.0. The average Bonchev–Trinajstić information content (AvgIpc) is 3.03. The van der Waals surface area contributed by atoms with Crippen LogP contribution < -0.4 is 5.73 Å². The lowest BCUT2D eigenvalue weighted by Gasteiger charge is -2.20. The Balaban J connectivity index is 1.75. The minimum absolute atomic E-state index is 0.0472. The monoisotopic (exact) mass is 651 g/mol. The zero-order chi connectivity index (χ0) is 32.8. The van der Waals surface area contributed by atoms with Crippen LogP contribution in [0, 0.1) is 0 Å². The van der Waals surface area contributed by atoms with Gasteiger partial charge < -0.3 is 34.3 Å². The van der Waals surface area contributed by atoms with E-state index >= 15 is 0 Å². The molecule has 0 bridgehead atoms. The number of nitrogens with zero attached hydrogens (tertiary/aromatic N) is 2. The Morgan fingerprint density at radius 2 is 1.16 bits per heavy atom. The number of esters is 1. The first-order chi connectivity index (χ1) is 21.7. The number of rotatable bonds is 20. The second kappa shape index (κ2) is 21.6. The summed E-state index contributed by atoms with van der Waals surface area (Å²) in [7, 11) is -2.63. The van der Waals surface area contributed by atoms with Gasteiger partial charge in [-0.05, 0) is 43.7 Å². The zero-order valence-electron chi connectivity index (χ0n) is 25.7. The fourth-order valence-electron chi connectivity index (χ4n) is 3.37. The first kappa shape index (κ1) is 37.1. The molecule has 0 aliphatic rings. The summed E-state index contributed by atoms with van der Waals surface area (Å²) in [6.07, 6.45) is -0.118. The minimum atomic E-state index is -4.11. The summed E-state index contributed by atoms with van der Waals surface area (Å²) in [5.41, 5.74) is 7.62. The summed E-state index contributed by atoms with van der Waals surface area (Å²) in [6.45, 7) is 1.85. The van der Waals surface area contributed by atoms with Gasteiger partial charge in [-0.25, -0.2) is 14.2 Å². The molecule has 0 unspecified atom stereocenters. The third-order valence-electron chi connectivity index (χ3n) is 5.71. The van der Waals surface area contributed by atoms with Crippen molar-refractivity contribution in [2.24, 2.45) is 10.5 Å². The standard InChI is InChI=1S/C30H42N3O11P/c1-3-38-27(34)22-33(2)28(31)32-45(37,43-20-12-10-18-39-29(35)41-23-25-14-6-4-7-15-25)44-21-13-11-19-40-30(36)42-24-26-16-8-5-9-17-26/h4-9,14-17H,3,10-13,18-24H2,1-2H3,(H2,31,32,37). The number of unbranched alkanes of at least 4 members (excludes halogenated alkanes) is 2. The van der Waals surface area contributed by atoms with Gasteiger partial charge in [0, 0.05) is 7.05 Å². The summed E-state index contributed by atoms with van der Waals surface area (Å²) in [5, 5.41) is 0. The van der Waals surface area contributed by atoms with Crippen molar-refractivity contribution in [3.63, 3.8) is 0 Å². The number of nitrogens with two attached hydrogens (primary N) is 1. The van der Waals surface area contributed by atoms with Crippen molar-refractivity contribution in [1.29, 1.82) is 0 Å². The number of carbonyl (C=O) groups is 3. The van der Waals surface area contributed by atoms with E-state index in [0.717, 1.165) is 11.1 Å². The predicted octanol–water partition coefficient (Wildman–Crippen LogP) is 5.20. The maximum atomic E-state index is 13.4. The van der Waals surface area contributed by atoms with Crippen LogP contribution in [0.1, 0.15) is 43.7 Å². The van der Waals surface area contributed by atoms with Crippen molar-refractivity contribution in [2.75, 3.05) is 46.6 Å². The van der Waals surface area contributed by atoms with Gasteiger partial charge in [-0.1, -0.05) is 60.7 Å². The third kappa shape index (κ3) is 17.1. The van der Waals surface area contributed by atoms with Gasteiger partial charge >= 0.3 is 26.0 Å². The highest BCUT2D eigenvalue weighted by Gasteiger charge is 2.26. The lowest BCUT2D eigenvalue weighted by Crippen LogP contribution is -2.38. The highest BCUT2D eigenvalue weighted by Crippen LogP contribution is 2.50. The molecule has 0 spiro atoms. The van der Waals surface area contributed by atoms with Crippen molar-refractivity contribution in [3.8, 4) is 0 Å². The Hall–Kier alpha value is -4.13. The van der Waals surface area contributed by atoms with Crippen LogP contribution >= 0.6 is 7.75 Å². The van der Waals surface area contributed by atoms with E-state index in [9.17, 15) is 18.9 Å². The van der Waals surface area contributed by atoms with E-state index in [-0.39, 0.29) is 58.8 Å². The Morgan fingerprint density at radius 3 is 1.60 bits per heavy atom. The fourth-order valence-corrected chi connectivity index (χ4v) is 4.69. The van der Waals surface area contributed by atoms with Gasteiger partial charge in [0.15, 0.2) is 0 Å². The molecule has 2 aromatic carbocycles. The number of carbonyl (C=O) groups excluding carboxylic acids is 3. The normalized spacial score (nSPS) is 11.4. The van der Waals surface area contributed by atoms with Crippen LogP contribution in [0.15, 0.2) is 65.4 Å². The Labute approximate surface area is 263 Å². The second-order valence-corrected chi connectivity index (χ2v) is 11.1. The van der Waals surface area contributed by atoms with E-state index in [2.05, 4.69) is 4.76 Å². The molecule has 0 aliphatic carbocycles. The average molecular weight is 652 g/mol. The number of benzene rings is 2. The van der Waals surface area contributed by atoms with Gasteiger partial charge in [-0.3, -0.25) is 13.8 Å². The van der Waals surface area contributed by atoms with Gasteiger partial charge in [-0.15, -0.1) is 4.76 Å². The van der Waals surface area contributed by atoms with Crippen molar-refractivity contribution in [3.05, 3.63) is 71.8 Å². The molecule has 15 heteroatoms. The quantitative estimate of drug-likeness (QED) is 0.0494. The molecule has 2 rings (SSSR count). The number of hydrogen-bond donors (Lipinski definition) is 1. The van der Waals surface area contributed by atoms with E-state index < -0.39 is 26.0 Å². The molecular weight excluding hydrogens is 609 g/mol. The van der Waals surface area contributed by atoms with E-state index in [1.54, 1.807) is 6.92 Å². The lowest BCUT2D eigenvalue weighted by molar-refractivity contribution is -0.143. The second-order valence-electron chi connectivity index (χ2n) is 9.41. The van der Waals surface area contributed by atoms with Crippen LogP contribution in [0.25, 0.3) is 0 Å². The summed E-state index contributed by atoms with van der Waals surface area (Å²) in [5.74, 6) is -0.792. The molecule has 0 saturated heterocycles. The van der Waals surface area contributed by atoms with Crippen LogP contribution in [0.5, 0.6) is 0 Å². The van der Waals surface area contributed by atoms with Gasteiger partial charge in [0.2, 0.25) is 5.96 Å². The van der Waals surface area contributed by atoms with Crippen LogP contribution in [-0.2, 0) is 55.3 Å². The summed E-state index contributed by atoms with van der Waals surface area (Å²) < 4.78 is 53.4. The van der Waals surface area contributed by atoms with Crippen LogP contribution in [0.3, 0.4) is 0 Å². The molecule has 0 heterocycles. The minimum Gasteiger partial charge on any atom is -0.465 e. The molecule has 0 amide bonds. The maximum Gasteiger partial charge on any atom is 0.508 e. The van der Waals surface area contributed by atoms with Crippen molar-refractivity contribution >= 4 is 32.0 Å². The fraction of sp³-hybridized carbons (Fsp3) is 0.467. The summed E-state index contributed by atoms with van der Waals surface area (Å²) in [6, 6.07) is 18.4. The molecule has 2 aromatic rings. The largest absolute Gasteiger partial charge is 0.508 e. The molecule has 0 radical (unpaired) electrons. The molecule has 45 heavy (non-hydrogen) atoms. The van der Waals surface area contributed by atoms with E-state index in [4.69, 9.17) is 38.5 Å². The molecule has 14 nitrogen and oxygen atoms in total.